The first-order valence-electron chi connectivity index (χ1n) is 12.1. The summed E-state index contributed by atoms with van der Waals surface area (Å²) in [6.07, 6.45) is 0. The molecule has 0 saturated heterocycles. The number of nitrogens with two attached hydrogens (primary N) is 1. The number of para-hydroxylation sites is 2. The van der Waals surface area contributed by atoms with Crippen LogP contribution in [0.3, 0.4) is 0 Å². The van der Waals surface area contributed by atoms with Crippen molar-refractivity contribution >= 4 is 33.5 Å². The molecule has 6 aromatic rings. The predicted octanol–water partition coefficient (Wildman–Crippen LogP) is 9.25. The lowest BCUT2D eigenvalue weighted by Gasteiger charge is -2.26. The maximum absolute atomic E-state index is 5.36. The molecule has 0 spiro atoms. The van der Waals surface area contributed by atoms with Crippen molar-refractivity contribution in [2.45, 2.75) is 0 Å². The average Bonchev–Trinajstić information content (AvgIpc) is 2.95. The van der Waals surface area contributed by atoms with Crippen LogP contribution < -0.4 is 10.6 Å². The topological polar surface area (TPSA) is 29.3 Å². The van der Waals surface area contributed by atoms with Crippen molar-refractivity contribution in [3.8, 4) is 11.1 Å². The largest absolute Gasteiger partial charge is 0.399 e. The maximum atomic E-state index is 5.36. The second-order valence-electron chi connectivity index (χ2n) is 8.53. The van der Waals surface area contributed by atoms with Crippen LogP contribution in [0.1, 0.15) is 0 Å². The lowest BCUT2D eigenvalue weighted by molar-refractivity contribution is 1.29. The first-order chi connectivity index (χ1) is 17.8. The van der Waals surface area contributed by atoms with E-state index < -0.39 is 0 Å². The van der Waals surface area contributed by atoms with Crippen LogP contribution in [-0.4, -0.2) is 0 Å². The van der Waals surface area contributed by atoms with Crippen LogP contribution >= 0.6 is 0 Å². The number of nitrogens with zero attached hydrogens (tertiary/aromatic N) is 1. The number of rotatable bonds is 4. The van der Waals surface area contributed by atoms with Gasteiger partial charge in [-0.05, 0) is 70.4 Å². The number of hydrogen-bond acceptors (Lipinski definition) is 2. The second kappa shape index (κ2) is 11.1. The molecule has 174 valence electrons. The Kier molecular flexibility index (Phi) is 7.06. The molecule has 6 rings (SSSR count). The van der Waals surface area contributed by atoms with E-state index in [2.05, 4.69) is 132 Å². The molecular formula is C34H28N2. The first kappa shape index (κ1) is 22.9. The van der Waals surface area contributed by atoms with Gasteiger partial charge in [-0.15, -0.1) is 0 Å². The van der Waals surface area contributed by atoms with Crippen molar-refractivity contribution in [1.29, 1.82) is 0 Å². The minimum atomic E-state index is 0.822. The highest BCUT2D eigenvalue weighted by molar-refractivity contribution is 5.89. The van der Waals surface area contributed by atoms with Gasteiger partial charge in [0.15, 0.2) is 0 Å². The fraction of sp³-hybridized carbons (Fsp3) is 0. The molecule has 0 saturated carbocycles. The summed E-state index contributed by atoms with van der Waals surface area (Å²) in [5.74, 6) is 0. The Bertz CT molecular complexity index is 1510. The Hall–Kier alpha value is -4.82. The summed E-state index contributed by atoms with van der Waals surface area (Å²) >= 11 is 0. The molecule has 2 N–H and O–H groups in total. The SMILES string of the molecule is Nc1ccccc1.c1ccc(-c2ccc(N(c3ccccc3)c3ccc4ccccc4c3)cc2)cc1. The molecule has 2 heteroatoms. The Labute approximate surface area is 212 Å². The molecule has 0 fully saturated rings. The van der Waals surface area contributed by atoms with E-state index in [4.69, 9.17) is 5.73 Å². The van der Waals surface area contributed by atoms with E-state index in [0.717, 1.165) is 22.7 Å². The lowest BCUT2D eigenvalue weighted by Crippen LogP contribution is -2.09. The van der Waals surface area contributed by atoms with Gasteiger partial charge < -0.3 is 10.6 Å². The molecule has 0 aliphatic heterocycles. The van der Waals surface area contributed by atoms with E-state index in [1.807, 2.05) is 30.3 Å². The molecule has 0 aliphatic rings. The van der Waals surface area contributed by atoms with E-state index in [9.17, 15) is 0 Å². The molecule has 0 atom stereocenters. The zero-order valence-electron chi connectivity index (χ0n) is 20.0. The van der Waals surface area contributed by atoms with E-state index in [-0.39, 0.29) is 0 Å². The van der Waals surface area contributed by atoms with Crippen LogP contribution in [0.15, 0.2) is 158 Å². The summed E-state index contributed by atoms with van der Waals surface area (Å²) in [5.41, 5.74) is 12.1. The van der Waals surface area contributed by atoms with E-state index in [0.29, 0.717) is 0 Å². The summed E-state index contributed by atoms with van der Waals surface area (Å²) in [7, 11) is 0. The minimum absolute atomic E-state index is 0.822. The molecule has 0 unspecified atom stereocenters. The smallest absolute Gasteiger partial charge is 0.0468 e. The summed E-state index contributed by atoms with van der Waals surface area (Å²) in [6.45, 7) is 0. The van der Waals surface area contributed by atoms with Crippen molar-refractivity contribution in [3.05, 3.63) is 158 Å². The second-order valence-corrected chi connectivity index (χ2v) is 8.53. The number of anilines is 4. The van der Waals surface area contributed by atoms with Crippen LogP contribution in [0.25, 0.3) is 21.9 Å². The van der Waals surface area contributed by atoms with Crippen molar-refractivity contribution in [3.63, 3.8) is 0 Å². The third-order valence-electron chi connectivity index (χ3n) is 6.04. The van der Waals surface area contributed by atoms with Crippen molar-refractivity contribution in [2.24, 2.45) is 0 Å². The average molecular weight is 465 g/mol. The molecule has 36 heavy (non-hydrogen) atoms. The zero-order chi connectivity index (χ0) is 24.6. The van der Waals surface area contributed by atoms with Gasteiger partial charge in [0, 0.05) is 22.7 Å². The predicted molar refractivity (Wildman–Crippen MR) is 155 cm³/mol. The van der Waals surface area contributed by atoms with Crippen LogP contribution in [-0.2, 0) is 0 Å². The Morgan fingerprint density at radius 3 is 1.44 bits per heavy atom. The fourth-order valence-electron chi connectivity index (χ4n) is 4.23. The molecule has 0 aliphatic carbocycles. The Morgan fingerprint density at radius 1 is 0.361 bits per heavy atom. The Morgan fingerprint density at radius 2 is 0.833 bits per heavy atom. The van der Waals surface area contributed by atoms with E-state index in [1.54, 1.807) is 0 Å². The zero-order valence-corrected chi connectivity index (χ0v) is 20.0. The number of fused-ring (bicyclic) bond motifs is 1. The molecular weight excluding hydrogens is 436 g/mol. The monoisotopic (exact) mass is 464 g/mol. The van der Waals surface area contributed by atoms with Gasteiger partial charge in [0.25, 0.3) is 0 Å². The summed E-state index contributed by atoms with van der Waals surface area (Å²) in [6, 6.07) is 54.4. The van der Waals surface area contributed by atoms with E-state index in [1.165, 1.54) is 21.9 Å². The molecule has 0 amide bonds. The molecule has 2 nitrogen and oxygen atoms in total. The quantitative estimate of drug-likeness (QED) is 0.263. The summed E-state index contributed by atoms with van der Waals surface area (Å²) < 4.78 is 0. The van der Waals surface area contributed by atoms with Crippen molar-refractivity contribution < 1.29 is 0 Å². The standard InChI is InChI=1S/C28H21N.C6H7N/c1-3-9-22(10-4-1)24-15-18-27(19-16-24)29(26-13-5-2-6-14-26)28-20-17-23-11-7-8-12-25(23)21-28;7-6-4-2-1-3-5-6/h1-21H;1-5H,7H2. The van der Waals surface area contributed by atoms with E-state index >= 15 is 0 Å². The van der Waals surface area contributed by atoms with Crippen molar-refractivity contribution in [1.82, 2.24) is 0 Å². The van der Waals surface area contributed by atoms with Gasteiger partial charge in [-0.2, -0.15) is 0 Å². The van der Waals surface area contributed by atoms with Gasteiger partial charge in [0.05, 0.1) is 0 Å². The third-order valence-corrected chi connectivity index (χ3v) is 6.04. The van der Waals surface area contributed by atoms with Gasteiger partial charge in [-0.25, -0.2) is 0 Å². The minimum Gasteiger partial charge on any atom is -0.399 e. The molecule has 6 aromatic carbocycles. The normalized spacial score (nSPS) is 10.3. The van der Waals surface area contributed by atoms with Gasteiger partial charge in [0.1, 0.15) is 0 Å². The van der Waals surface area contributed by atoms with Gasteiger partial charge in [0.2, 0.25) is 0 Å². The van der Waals surface area contributed by atoms with Gasteiger partial charge in [-0.3, -0.25) is 0 Å². The highest BCUT2D eigenvalue weighted by Gasteiger charge is 2.13. The lowest BCUT2D eigenvalue weighted by atomic mass is 10.0. The highest BCUT2D eigenvalue weighted by atomic mass is 15.1. The first-order valence-corrected chi connectivity index (χ1v) is 12.1. The third kappa shape index (κ3) is 5.45. The van der Waals surface area contributed by atoms with Crippen LogP contribution in [0, 0.1) is 0 Å². The molecule has 0 heterocycles. The van der Waals surface area contributed by atoms with Crippen LogP contribution in [0.2, 0.25) is 0 Å². The van der Waals surface area contributed by atoms with Gasteiger partial charge >= 0.3 is 0 Å². The molecule has 0 bridgehead atoms. The van der Waals surface area contributed by atoms with Crippen LogP contribution in [0.5, 0.6) is 0 Å². The van der Waals surface area contributed by atoms with Gasteiger partial charge in [-0.1, -0.05) is 109 Å². The fourth-order valence-corrected chi connectivity index (χ4v) is 4.23. The Balaban J connectivity index is 0.000000330. The maximum Gasteiger partial charge on any atom is 0.0468 e. The van der Waals surface area contributed by atoms with Crippen LogP contribution in [0.4, 0.5) is 22.7 Å². The highest BCUT2D eigenvalue weighted by Crippen LogP contribution is 2.36. The number of benzene rings is 6. The molecule has 0 radical (unpaired) electrons. The molecule has 0 aromatic heterocycles. The number of nitrogen functional groups attached to an aromatic ring is 1. The summed E-state index contributed by atoms with van der Waals surface area (Å²) in [4.78, 5) is 2.31. The number of hydrogen-bond donors (Lipinski definition) is 1. The summed E-state index contributed by atoms with van der Waals surface area (Å²) in [5, 5.41) is 2.50. The van der Waals surface area contributed by atoms with Crippen molar-refractivity contribution in [2.75, 3.05) is 10.6 Å².